The van der Waals surface area contributed by atoms with Gasteiger partial charge in [0.05, 0.1) is 0 Å². The van der Waals surface area contributed by atoms with Gasteiger partial charge in [-0.2, -0.15) is 0 Å². The molecule has 1 aromatic carbocycles. The van der Waals surface area contributed by atoms with E-state index in [4.69, 9.17) is 11.6 Å². The molecule has 1 nitrogen and oxygen atoms in total. The van der Waals surface area contributed by atoms with Crippen LogP contribution in [0.5, 0.6) is 0 Å². The Morgan fingerprint density at radius 3 is 2.43 bits per heavy atom. The van der Waals surface area contributed by atoms with Gasteiger partial charge in [-0.1, -0.05) is 36.2 Å². The monoisotopic (exact) mass is 300 g/mol. The second kappa shape index (κ2) is 5.46. The van der Waals surface area contributed by atoms with E-state index in [1.54, 1.807) is 17.7 Å². The summed E-state index contributed by atoms with van der Waals surface area (Å²) in [6.45, 7) is 8.29. The topological polar surface area (TPSA) is 17.1 Å². The lowest BCUT2D eigenvalue weighted by molar-refractivity contribution is 0.0913. The average Bonchev–Trinajstić information content (AvgIpc) is 3.33. The van der Waals surface area contributed by atoms with Crippen LogP contribution < -0.4 is 0 Å². The summed E-state index contributed by atoms with van der Waals surface area (Å²) in [6, 6.07) is 7.24. The molecule has 0 aromatic heterocycles. The third-order valence-electron chi connectivity index (χ3n) is 4.74. The van der Waals surface area contributed by atoms with Crippen LogP contribution in [0, 0.1) is 17.8 Å². The van der Waals surface area contributed by atoms with Crippen LogP contribution in [0.3, 0.4) is 0 Å². The van der Waals surface area contributed by atoms with Gasteiger partial charge in [-0.25, -0.2) is 0 Å². The first-order valence-corrected chi connectivity index (χ1v) is 8.04. The van der Waals surface area contributed by atoms with Crippen molar-refractivity contribution < 1.29 is 4.79 Å². The highest BCUT2D eigenvalue weighted by atomic mass is 35.5. The van der Waals surface area contributed by atoms with Crippen molar-refractivity contribution in [2.45, 2.75) is 33.1 Å². The summed E-state index contributed by atoms with van der Waals surface area (Å²) in [5, 5.41) is 0.673. The predicted molar refractivity (Wildman–Crippen MR) is 87.6 cm³/mol. The molecule has 2 saturated carbocycles. The maximum absolute atomic E-state index is 12.6. The number of halogens is 1. The van der Waals surface area contributed by atoms with Crippen molar-refractivity contribution in [3.05, 3.63) is 58.1 Å². The minimum Gasteiger partial charge on any atom is -0.294 e. The highest BCUT2D eigenvalue weighted by Gasteiger charge is 2.47. The first-order chi connectivity index (χ1) is 9.99. The maximum Gasteiger partial charge on any atom is 0.165 e. The van der Waals surface area contributed by atoms with E-state index in [0.717, 1.165) is 12.0 Å². The summed E-state index contributed by atoms with van der Waals surface area (Å²) in [5.41, 5.74) is 5.01. The Balaban J connectivity index is 1.71. The lowest BCUT2D eigenvalue weighted by atomic mass is 9.91. The first kappa shape index (κ1) is 14.6. The molecule has 0 spiro atoms. The summed E-state index contributed by atoms with van der Waals surface area (Å²) in [5.74, 6) is 1.35. The summed E-state index contributed by atoms with van der Waals surface area (Å²) in [6.07, 6.45) is 3.59. The number of benzene rings is 1. The van der Waals surface area contributed by atoms with Gasteiger partial charge in [-0.15, -0.1) is 0 Å². The maximum atomic E-state index is 12.6. The number of carbonyl (C=O) groups is 1. The predicted octanol–water partition coefficient (Wildman–Crippen LogP) is 5.46. The number of Topliss-reactive ketones (excluding diaryl/α,β-unsaturated/α-hetero) is 1. The minimum atomic E-state index is 0.0740. The molecule has 0 N–H and O–H groups in total. The zero-order chi connectivity index (χ0) is 15.1. The molecule has 0 aliphatic heterocycles. The van der Waals surface area contributed by atoms with Gasteiger partial charge in [-0.3, -0.25) is 4.79 Å². The Morgan fingerprint density at radius 1 is 1.29 bits per heavy atom. The number of hydrogen-bond acceptors (Lipinski definition) is 1. The largest absolute Gasteiger partial charge is 0.294 e. The lowest BCUT2D eigenvalue weighted by Crippen LogP contribution is -2.14. The van der Waals surface area contributed by atoms with Gasteiger partial charge in [0.25, 0.3) is 0 Å². The van der Waals surface area contributed by atoms with Gasteiger partial charge in [0.15, 0.2) is 5.78 Å². The zero-order valence-electron chi connectivity index (χ0n) is 12.7. The van der Waals surface area contributed by atoms with Gasteiger partial charge in [0.1, 0.15) is 0 Å². The number of rotatable bonds is 5. The molecule has 2 aliphatic carbocycles. The molecule has 3 unspecified atom stereocenters. The smallest absolute Gasteiger partial charge is 0.165 e. The van der Waals surface area contributed by atoms with Gasteiger partial charge >= 0.3 is 0 Å². The molecule has 2 heteroatoms. The lowest BCUT2D eigenvalue weighted by Gasteiger charge is -2.12. The van der Waals surface area contributed by atoms with E-state index in [2.05, 4.69) is 20.4 Å². The van der Waals surface area contributed by atoms with Crippen LogP contribution >= 0.6 is 11.6 Å². The van der Waals surface area contributed by atoms with Crippen molar-refractivity contribution in [3.63, 3.8) is 0 Å². The van der Waals surface area contributed by atoms with Gasteiger partial charge in [0.2, 0.25) is 0 Å². The molecule has 2 fully saturated rings. The SMILES string of the molecule is C=C(C)C(=C1CC1)C1CC1C(C)C(=O)c1ccc(Cl)cc1. The Morgan fingerprint density at radius 2 is 1.90 bits per heavy atom. The van der Waals surface area contributed by atoms with Crippen LogP contribution in [0.25, 0.3) is 0 Å². The van der Waals surface area contributed by atoms with Crippen molar-refractivity contribution in [2.75, 3.05) is 0 Å². The van der Waals surface area contributed by atoms with Crippen LogP contribution in [0.4, 0.5) is 0 Å². The van der Waals surface area contributed by atoms with E-state index >= 15 is 0 Å². The highest BCUT2D eigenvalue weighted by molar-refractivity contribution is 6.30. The fourth-order valence-electron chi connectivity index (χ4n) is 3.38. The molecule has 0 bridgehead atoms. The fourth-order valence-corrected chi connectivity index (χ4v) is 3.51. The van der Waals surface area contributed by atoms with Gasteiger partial charge < -0.3 is 0 Å². The zero-order valence-corrected chi connectivity index (χ0v) is 13.4. The molecular weight excluding hydrogens is 280 g/mol. The molecule has 3 rings (SSSR count). The molecule has 0 heterocycles. The Hall–Kier alpha value is -1.34. The molecule has 2 aliphatic rings. The van der Waals surface area contributed by atoms with Gasteiger partial charge in [0, 0.05) is 16.5 Å². The summed E-state index contributed by atoms with van der Waals surface area (Å²) in [4.78, 5) is 12.6. The fraction of sp³-hybridized carbons (Fsp3) is 0.421. The molecule has 0 saturated heterocycles. The standard InChI is InChI=1S/C19H21ClO/c1-11(2)18(13-4-5-13)17-10-16(17)12(3)19(21)14-6-8-15(20)9-7-14/h6-9,12,16-17H,1,4-5,10H2,2-3H3. The number of hydrogen-bond donors (Lipinski definition) is 0. The van der Waals surface area contributed by atoms with Crippen molar-refractivity contribution >= 4 is 17.4 Å². The third-order valence-corrected chi connectivity index (χ3v) is 4.99. The van der Waals surface area contributed by atoms with Crippen molar-refractivity contribution in [1.29, 1.82) is 0 Å². The second-order valence-electron chi connectivity index (χ2n) is 6.46. The number of carbonyl (C=O) groups excluding carboxylic acids is 1. The van der Waals surface area contributed by atoms with Crippen LogP contribution in [-0.4, -0.2) is 5.78 Å². The Kier molecular flexibility index (Phi) is 3.79. The Bertz CT molecular complexity index is 617. The van der Waals surface area contributed by atoms with Crippen molar-refractivity contribution in [3.8, 4) is 0 Å². The average molecular weight is 301 g/mol. The van der Waals surface area contributed by atoms with E-state index in [0.29, 0.717) is 16.9 Å². The van der Waals surface area contributed by atoms with E-state index in [1.807, 2.05) is 12.1 Å². The second-order valence-corrected chi connectivity index (χ2v) is 6.90. The summed E-state index contributed by atoms with van der Waals surface area (Å²) in [7, 11) is 0. The third kappa shape index (κ3) is 2.98. The number of ketones is 1. The summed E-state index contributed by atoms with van der Waals surface area (Å²) < 4.78 is 0. The number of allylic oxidation sites excluding steroid dienone is 3. The summed E-state index contributed by atoms with van der Waals surface area (Å²) >= 11 is 5.89. The van der Waals surface area contributed by atoms with Gasteiger partial charge in [-0.05, 0) is 67.9 Å². The van der Waals surface area contributed by atoms with Crippen LogP contribution in [0.15, 0.2) is 47.6 Å². The minimum absolute atomic E-state index is 0.0740. The normalized spacial score (nSPS) is 24.4. The molecule has 21 heavy (non-hydrogen) atoms. The van der Waals surface area contributed by atoms with Crippen LogP contribution in [0.2, 0.25) is 5.02 Å². The molecule has 3 atom stereocenters. The Labute approximate surface area is 131 Å². The highest BCUT2D eigenvalue weighted by Crippen LogP contribution is 2.54. The van der Waals surface area contributed by atoms with E-state index in [9.17, 15) is 4.79 Å². The van der Waals surface area contributed by atoms with Crippen LogP contribution in [0.1, 0.15) is 43.5 Å². The molecule has 1 aromatic rings. The quantitative estimate of drug-likeness (QED) is 0.660. The van der Waals surface area contributed by atoms with Crippen molar-refractivity contribution in [1.82, 2.24) is 0 Å². The molecule has 0 amide bonds. The molecule has 110 valence electrons. The first-order valence-electron chi connectivity index (χ1n) is 7.66. The van der Waals surface area contributed by atoms with E-state index < -0.39 is 0 Å². The van der Waals surface area contributed by atoms with Crippen LogP contribution in [-0.2, 0) is 0 Å². The molecule has 0 radical (unpaired) electrons. The van der Waals surface area contributed by atoms with Crippen molar-refractivity contribution in [2.24, 2.45) is 17.8 Å². The molecular formula is C19H21ClO. The van der Waals surface area contributed by atoms with E-state index in [1.165, 1.54) is 24.0 Å². The van der Waals surface area contributed by atoms with E-state index in [-0.39, 0.29) is 11.7 Å².